The molecule has 0 spiro atoms. The van der Waals surface area contributed by atoms with Crippen molar-refractivity contribution in [3.63, 3.8) is 0 Å². The van der Waals surface area contributed by atoms with Gasteiger partial charge < -0.3 is 9.47 Å². The van der Waals surface area contributed by atoms with Crippen LogP contribution in [0.4, 0.5) is 0 Å². The first-order valence-corrected chi connectivity index (χ1v) is 11.4. The number of hydrogen-bond donors (Lipinski definition) is 0. The van der Waals surface area contributed by atoms with E-state index in [1.807, 2.05) is 59.5 Å². The van der Waals surface area contributed by atoms with E-state index in [9.17, 15) is 9.59 Å². The SMILES string of the molecule is CCOC(=O)c1cc(-c2ccc(Oc3ccccc3)cc2)nn1C1CCCN(CC(=O)Cl)C1. The summed E-state index contributed by atoms with van der Waals surface area (Å²) in [5, 5.41) is 4.38. The summed E-state index contributed by atoms with van der Waals surface area (Å²) >= 11 is 5.59. The zero-order valence-electron chi connectivity index (χ0n) is 18.4. The molecule has 1 saturated heterocycles. The van der Waals surface area contributed by atoms with Crippen LogP contribution in [0.15, 0.2) is 60.7 Å². The molecular weight excluding hydrogens is 442 g/mol. The van der Waals surface area contributed by atoms with E-state index in [2.05, 4.69) is 0 Å². The molecule has 1 aliphatic heterocycles. The third-order valence-electron chi connectivity index (χ3n) is 5.52. The number of ether oxygens (including phenoxy) is 2. The Labute approximate surface area is 197 Å². The van der Waals surface area contributed by atoms with Gasteiger partial charge in [0.1, 0.15) is 17.2 Å². The molecule has 2 heterocycles. The van der Waals surface area contributed by atoms with E-state index in [1.54, 1.807) is 17.7 Å². The van der Waals surface area contributed by atoms with Crippen LogP contribution in [0.5, 0.6) is 11.5 Å². The Kier molecular flexibility index (Phi) is 7.42. The molecule has 4 rings (SSSR count). The Morgan fingerprint density at radius 2 is 1.82 bits per heavy atom. The second-order valence-electron chi connectivity index (χ2n) is 7.91. The molecule has 33 heavy (non-hydrogen) atoms. The fourth-order valence-electron chi connectivity index (χ4n) is 4.04. The van der Waals surface area contributed by atoms with Gasteiger partial charge in [-0.05, 0) is 80.4 Å². The van der Waals surface area contributed by atoms with Gasteiger partial charge in [0.15, 0.2) is 0 Å². The van der Waals surface area contributed by atoms with Gasteiger partial charge in [0, 0.05) is 12.1 Å². The quantitative estimate of drug-likeness (QED) is 0.346. The molecule has 1 unspecified atom stereocenters. The number of aromatic nitrogens is 2. The maximum absolute atomic E-state index is 12.7. The topological polar surface area (TPSA) is 73.7 Å². The number of likely N-dealkylation sites (tertiary alicyclic amines) is 1. The predicted octanol–water partition coefficient (Wildman–Crippen LogP) is 4.92. The zero-order chi connectivity index (χ0) is 23.2. The maximum atomic E-state index is 12.7. The minimum Gasteiger partial charge on any atom is -0.461 e. The monoisotopic (exact) mass is 467 g/mol. The summed E-state index contributed by atoms with van der Waals surface area (Å²) in [6, 6.07) is 18.9. The van der Waals surface area contributed by atoms with Crippen LogP contribution in [-0.2, 0) is 9.53 Å². The summed E-state index contributed by atoms with van der Waals surface area (Å²) in [5.41, 5.74) is 1.94. The highest BCUT2D eigenvalue weighted by atomic mass is 35.5. The van der Waals surface area contributed by atoms with Crippen LogP contribution >= 0.6 is 11.6 Å². The largest absolute Gasteiger partial charge is 0.461 e. The van der Waals surface area contributed by atoms with E-state index in [0.717, 1.165) is 30.7 Å². The van der Waals surface area contributed by atoms with Crippen molar-refractivity contribution in [2.45, 2.75) is 25.8 Å². The van der Waals surface area contributed by atoms with E-state index in [0.29, 0.717) is 23.7 Å². The Bertz CT molecular complexity index is 1100. The Balaban J connectivity index is 1.58. The second-order valence-corrected chi connectivity index (χ2v) is 8.33. The molecule has 3 aromatic rings. The van der Waals surface area contributed by atoms with Gasteiger partial charge in [-0.1, -0.05) is 18.2 Å². The molecule has 1 aliphatic rings. The highest BCUT2D eigenvalue weighted by Gasteiger charge is 2.28. The third-order valence-corrected chi connectivity index (χ3v) is 5.64. The van der Waals surface area contributed by atoms with Crippen molar-refractivity contribution in [2.75, 3.05) is 26.2 Å². The molecule has 8 heteroatoms. The highest BCUT2D eigenvalue weighted by Crippen LogP contribution is 2.29. The summed E-state index contributed by atoms with van der Waals surface area (Å²) in [5.74, 6) is 1.06. The van der Waals surface area contributed by atoms with Gasteiger partial charge in [-0.2, -0.15) is 5.10 Å². The number of esters is 1. The molecule has 0 radical (unpaired) electrons. The standard InChI is InChI=1S/C25H26ClN3O4/c1-2-32-25(31)23-15-22(27-29(23)19-7-6-14-28(16-19)17-24(26)30)18-10-12-21(13-11-18)33-20-8-4-3-5-9-20/h3-5,8-13,15,19H,2,6-7,14,16-17H2,1H3. The molecule has 0 aliphatic carbocycles. The first kappa shape index (κ1) is 23.0. The predicted molar refractivity (Wildman–Crippen MR) is 126 cm³/mol. The van der Waals surface area contributed by atoms with Gasteiger partial charge in [-0.3, -0.25) is 14.4 Å². The second kappa shape index (κ2) is 10.6. The lowest BCUT2D eigenvalue weighted by molar-refractivity contribution is -0.113. The molecule has 0 N–H and O–H groups in total. The minimum absolute atomic E-state index is 0.0522. The summed E-state index contributed by atoms with van der Waals surface area (Å²) < 4.78 is 12.9. The lowest BCUT2D eigenvalue weighted by Crippen LogP contribution is -2.39. The number of benzene rings is 2. The fourth-order valence-corrected chi connectivity index (χ4v) is 4.21. The van der Waals surface area contributed by atoms with Crippen molar-refractivity contribution in [1.82, 2.24) is 14.7 Å². The molecule has 0 bridgehead atoms. The van der Waals surface area contributed by atoms with E-state index in [4.69, 9.17) is 26.2 Å². The lowest BCUT2D eigenvalue weighted by Gasteiger charge is -2.32. The van der Waals surface area contributed by atoms with Crippen molar-refractivity contribution < 1.29 is 19.1 Å². The Morgan fingerprint density at radius 3 is 2.52 bits per heavy atom. The number of carbonyl (C=O) groups is 2. The third kappa shape index (κ3) is 5.80. The van der Waals surface area contributed by atoms with Crippen LogP contribution in [-0.4, -0.2) is 52.1 Å². The Hall–Kier alpha value is -3.16. The maximum Gasteiger partial charge on any atom is 0.356 e. The van der Waals surface area contributed by atoms with Gasteiger partial charge in [-0.15, -0.1) is 0 Å². The van der Waals surface area contributed by atoms with Gasteiger partial charge in [-0.25, -0.2) is 4.79 Å². The zero-order valence-corrected chi connectivity index (χ0v) is 19.2. The van der Waals surface area contributed by atoms with Crippen LogP contribution in [0.1, 0.15) is 36.3 Å². The van der Waals surface area contributed by atoms with Crippen molar-refractivity contribution in [2.24, 2.45) is 0 Å². The average molecular weight is 468 g/mol. The van der Waals surface area contributed by atoms with E-state index in [-0.39, 0.29) is 24.4 Å². The van der Waals surface area contributed by atoms with Gasteiger partial charge >= 0.3 is 5.97 Å². The normalized spacial score (nSPS) is 16.4. The summed E-state index contributed by atoms with van der Waals surface area (Å²) in [7, 11) is 0. The molecule has 2 aromatic carbocycles. The average Bonchev–Trinajstić information content (AvgIpc) is 3.26. The number of halogens is 1. The number of rotatable bonds is 8. The number of piperidine rings is 1. The highest BCUT2D eigenvalue weighted by molar-refractivity contribution is 6.64. The molecule has 1 aromatic heterocycles. The first-order valence-electron chi connectivity index (χ1n) is 11.0. The lowest BCUT2D eigenvalue weighted by atomic mass is 10.1. The molecule has 0 saturated carbocycles. The van der Waals surface area contributed by atoms with Crippen LogP contribution in [0.25, 0.3) is 11.3 Å². The summed E-state index contributed by atoms with van der Waals surface area (Å²) in [6.45, 7) is 3.63. The smallest absolute Gasteiger partial charge is 0.356 e. The van der Waals surface area contributed by atoms with Crippen LogP contribution in [0.2, 0.25) is 0 Å². The molecule has 172 valence electrons. The number of nitrogens with zero attached hydrogens (tertiary/aromatic N) is 3. The minimum atomic E-state index is -0.411. The number of hydrogen-bond acceptors (Lipinski definition) is 6. The number of para-hydroxylation sites is 1. The van der Waals surface area contributed by atoms with E-state index < -0.39 is 5.97 Å². The van der Waals surface area contributed by atoms with E-state index >= 15 is 0 Å². The summed E-state index contributed by atoms with van der Waals surface area (Å²) in [4.78, 5) is 26.0. The van der Waals surface area contributed by atoms with Gasteiger partial charge in [0.2, 0.25) is 5.24 Å². The fraction of sp³-hybridized carbons (Fsp3) is 0.320. The molecule has 7 nitrogen and oxygen atoms in total. The molecule has 1 atom stereocenters. The summed E-state index contributed by atoms with van der Waals surface area (Å²) in [6.07, 6.45) is 1.74. The van der Waals surface area contributed by atoms with Crippen LogP contribution < -0.4 is 4.74 Å². The van der Waals surface area contributed by atoms with Crippen molar-refractivity contribution >= 4 is 22.8 Å². The number of carbonyl (C=O) groups excluding carboxylic acids is 2. The Morgan fingerprint density at radius 1 is 1.09 bits per heavy atom. The van der Waals surface area contributed by atoms with Crippen molar-refractivity contribution in [3.05, 3.63) is 66.4 Å². The van der Waals surface area contributed by atoms with Crippen molar-refractivity contribution in [3.8, 4) is 22.8 Å². The molecular formula is C25H26ClN3O4. The van der Waals surface area contributed by atoms with E-state index in [1.165, 1.54) is 0 Å². The van der Waals surface area contributed by atoms with Crippen LogP contribution in [0, 0.1) is 0 Å². The van der Waals surface area contributed by atoms with Crippen molar-refractivity contribution in [1.29, 1.82) is 0 Å². The van der Waals surface area contributed by atoms with Gasteiger partial charge in [0.25, 0.3) is 0 Å². The van der Waals surface area contributed by atoms with Gasteiger partial charge in [0.05, 0.1) is 24.9 Å². The first-order chi connectivity index (χ1) is 16.0. The molecule has 0 amide bonds. The molecule has 1 fully saturated rings. The van der Waals surface area contributed by atoms with Crippen LogP contribution in [0.3, 0.4) is 0 Å².